The van der Waals surface area contributed by atoms with Crippen LogP contribution >= 0.6 is 11.3 Å². The Morgan fingerprint density at radius 3 is 2.42 bits per heavy atom. The topological polar surface area (TPSA) is 292 Å². The van der Waals surface area contributed by atoms with E-state index in [-0.39, 0.29) is 78.0 Å². The number of carbonyl (C=O) groups excluding carboxylic acids is 6. The second kappa shape index (κ2) is 19.8. The van der Waals surface area contributed by atoms with Crippen LogP contribution in [0.3, 0.4) is 0 Å². The number of halogens is 1. The van der Waals surface area contributed by atoms with Crippen LogP contribution < -0.4 is 41.6 Å². The van der Waals surface area contributed by atoms with E-state index >= 15 is 4.39 Å². The first-order valence-corrected chi connectivity index (χ1v) is 25.3. The van der Waals surface area contributed by atoms with E-state index in [1.54, 1.807) is 61.5 Å². The van der Waals surface area contributed by atoms with Crippen LogP contribution in [0.4, 0.5) is 10.1 Å². The Morgan fingerprint density at radius 2 is 1.65 bits per heavy atom. The SMILES string of the molecule is CC[C@@]1(O)C(=O)OCc2c1cc1n(c2=O)Cc2c-1nc1cc(F)c(NC(=O)CNC(=O)[C@H](Cc3ccccc3)NC(=O)CNC(=O)CNC(=O)CCOc3ccc4nc(S(C)(=O)=O)sc4c3)c3c1c2CCO3. The highest BCUT2D eigenvalue weighted by atomic mass is 32.2. The molecule has 6 N–H and O–H groups in total. The van der Waals surface area contributed by atoms with Gasteiger partial charge in [0.1, 0.15) is 24.1 Å². The van der Waals surface area contributed by atoms with E-state index in [1.165, 1.54) is 4.57 Å². The molecule has 3 aromatic heterocycles. The quantitative estimate of drug-likeness (QED) is 0.0708. The summed E-state index contributed by atoms with van der Waals surface area (Å²) in [6, 6.07) is 14.9. The van der Waals surface area contributed by atoms with Gasteiger partial charge in [0.15, 0.2) is 17.2 Å². The third-order valence-electron chi connectivity index (χ3n) is 12.4. The maximum atomic E-state index is 16.0. The number of aromatic nitrogens is 3. The Labute approximate surface area is 412 Å². The summed E-state index contributed by atoms with van der Waals surface area (Å²) in [7, 11) is -3.48. The Morgan fingerprint density at radius 1 is 0.903 bits per heavy atom. The van der Waals surface area contributed by atoms with Crippen molar-refractivity contribution < 1.29 is 60.9 Å². The number of fused-ring (bicyclic) bond motifs is 6. The van der Waals surface area contributed by atoms with Gasteiger partial charge in [-0.1, -0.05) is 37.3 Å². The Bertz CT molecular complexity index is 3440. The first kappa shape index (κ1) is 49.2. The number of hydrogen-bond acceptors (Lipinski definition) is 16. The molecule has 21 nitrogen and oxygen atoms in total. The number of cyclic esters (lactones) is 1. The zero-order valence-electron chi connectivity index (χ0n) is 38.5. The van der Waals surface area contributed by atoms with Crippen molar-refractivity contribution in [3.8, 4) is 22.9 Å². The van der Waals surface area contributed by atoms with E-state index in [2.05, 4.69) is 31.6 Å². The fraction of sp³-hybridized carbons (Fsp3) is 0.312. The summed E-state index contributed by atoms with van der Waals surface area (Å²) in [6.45, 7) is -0.268. The van der Waals surface area contributed by atoms with Gasteiger partial charge in [-0.05, 0) is 41.8 Å². The average Bonchev–Trinajstić information content (AvgIpc) is 3.97. The molecule has 0 bridgehead atoms. The Hall–Kier alpha value is -7.83. The molecule has 0 saturated heterocycles. The first-order valence-electron chi connectivity index (χ1n) is 22.6. The molecule has 6 aromatic rings. The smallest absolute Gasteiger partial charge is 0.343 e. The van der Waals surface area contributed by atoms with Crippen molar-refractivity contribution in [3.05, 3.63) is 105 Å². The molecule has 374 valence electrons. The standard InChI is InChI=1S/C48H45FN8O13S2/c1-3-48(65)29-17-34-41-27(22-57(34)45(63)28(29)23-70-46(48)64)26-11-13-69-43-40(26)32(54-41)18-30(49)42(43)56-39(61)21-52-44(62)33(15-24-7-5-4-6-8-24)53-38(60)20-51-37(59)19-50-36(58)12-14-68-25-9-10-31-35(16-25)71-47(55-31)72(2,66)67/h4-10,16-18,33,65H,3,11-15,19-23H2,1-2H3,(H,50,58)(H,51,59)(H,52,62)(H,53,60)(H,56,61)/t33-,48-/m0/s1. The van der Waals surface area contributed by atoms with Crippen molar-refractivity contribution in [2.45, 2.75) is 61.7 Å². The van der Waals surface area contributed by atoms with Crippen LogP contribution in [0, 0.1) is 5.82 Å². The predicted molar refractivity (Wildman–Crippen MR) is 256 cm³/mol. The highest BCUT2D eigenvalue weighted by molar-refractivity contribution is 7.92. The van der Waals surface area contributed by atoms with Crippen molar-refractivity contribution >= 4 is 83.5 Å². The van der Waals surface area contributed by atoms with Crippen molar-refractivity contribution in [3.63, 3.8) is 0 Å². The molecule has 6 heterocycles. The number of pyridine rings is 2. The summed E-state index contributed by atoms with van der Waals surface area (Å²) in [5.74, 6) is -4.95. The molecule has 0 unspecified atom stereocenters. The van der Waals surface area contributed by atoms with Crippen LogP contribution in [-0.2, 0) is 74.9 Å². The molecule has 9 rings (SSSR count). The second-order valence-corrected chi connectivity index (χ2v) is 20.4. The van der Waals surface area contributed by atoms with E-state index in [1.807, 2.05) is 0 Å². The molecule has 72 heavy (non-hydrogen) atoms. The number of nitrogens with zero attached hydrogens (tertiary/aromatic N) is 3. The number of anilines is 1. The van der Waals surface area contributed by atoms with E-state index in [9.17, 15) is 47.1 Å². The zero-order valence-corrected chi connectivity index (χ0v) is 40.1. The number of sulfone groups is 1. The number of rotatable bonds is 17. The largest absolute Gasteiger partial charge is 0.493 e. The van der Waals surface area contributed by atoms with E-state index in [0.29, 0.717) is 55.9 Å². The van der Waals surface area contributed by atoms with Gasteiger partial charge in [0.25, 0.3) is 5.56 Å². The van der Waals surface area contributed by atoms with Crippen LogP contribution in [0.2, 0.25) is 0 Å². The van der Waals surface area contributed by atoms with E-state index in [4.69, 9.17) is 19.2 Å². The fourth-order valence-corrected chi connectivity index (χ4v) is 10.6. The molecule has 0 aliphatic carbocycles. The summed E-state index contributed by atoms with van der Waals surface area (Å²) < 4.78 is 58.5. The summed E-state index contributed by atoms with van der Waals surface area (Å²) in [5, 5.41) is 24.0. The average molecular weight is 1030 g/mol. The number of esters is 1. The lowest BCUT2D eigenvalue weighted by Crippen LogP contribution is -2.52. The minimum Gasteiger partial charge on any atom is -0.493 e. The summed E-state index contributed by atoms with van der Waals surface area (Å²) in [6.07, 6.45) is 1.25. The van der Waals surface area contributed by atoms with Crippen LogP contribution in [0.15, 0.2) is 69.8 Å². The van der Waals surface area contributed by atoms with Gasteiger partial charge < -0.3 is 50.5 Å². The molecule has 3 aromatic carbocycles. The van der Waals surface area contributed by atoms with Gasteiger partial charge in [-0.15, -0.1) is 11.3 Å². The molecular weight excluding hydrogens is 980 g/mol. The molecule has 0 spiro atoms. The van der Waals surface area contributed by atoms with Gasteiger partial charge in [0.05, 0.1) is 78.5 Å². The molecule has 3 aliphatic heterocycles. The molecule has 5 amide bonds. The monoisotopic (exact) mass is 1020 g/mol. The maximum Gasteiger partial charge on any atom is 0.343 e. The van der Waals surface area contributed by atoms with Crippen molar-refractivity contribution in [2.24, 2.45) is 0 Å². The Kier molecular flexibility index (Phi) is 13.5. The first-order chi connectivity index (χ1) is 34.4. The number of thiazole rings is 1. The predicted octanol–water partition coefficient (Wildman–Crippen LogP) is 1.65. The minimum absolute atomic E-state index is 0.00314. The number of nitrogens with one attached hydrogen (secondary N) is 5. The second-order valence-electron chi connectivity index (χ2n) is 17.2. The number of benzene rings is 3. The number of aliphatic hydroxyl groups is 1. The maximum absolute atomic E-state index is 16.0. The van der Waals surface area contributed by atoms with E-state index < -0.39 is 88.0 Å². The van der Waals surface area contributed by atoms with Crippen molar-refractivity contribution in [2.75, 3.05) is 44.4 Å². The normalized spacial score (nSPS) is 15.8. The highest BCUT2D eigenvalue weighted by Crippen LogP contribution is 2.46. The highest BCUT2D eigenvalue weighted by Gasteiger charge is 2.46. The molecule has 24 heteroatoms. The van der Waals surface area contributed by atoms with Crippen LogP contribution in [0.25, 0.3) is 32.5 Å². The van der Waals surface area contributed by atoms with Gasteiger partial charge in [-0.3, -0.25) is 28.8 Å². The van der Waals surface area contributed by atoms with Gasteiger partial charge in [0.2, 0.25) is 43.7 Å². The van der Waals surface area contributed by atoms with Gasteiger partial charge in [0, 0.05) is 41.7 Å². The lowest BCUT2D eigenvalue weighted by Gasteiger charge is -2.31. The summed E-state index contributed by atoms with van der Waals surface area (Å²) >= 11 is 0.993. The molecule has 0 radical (unpaired) electrons. The zero-order chi connectivity index (χ0) is 51.1. The van der Waals surface area contributed by atoms with E-state index in [0.717, 1.165) is 23.7 Å². The number of amides is 5. The Balaban J connectivity index is 0.800. The molecule has 3 aliphatic rings. The molecule has 0 saturated carbocycles. The van der Waals surface area contributed by atoms with Gasteiger partial charge >= 0.3 is 5.97 Å². The molecular formula is C48H45FN8O13S2. The van der Waals surface area contributed by atoms with Crippen molar-refractivity contribution in [1.82, 2.24) is 35.8 Å². The third kappa shape index (κ3) is 9.79. The lowest BCUT2D eigenvalue weighted by atomic mass is 9.86. The van der Waals surface area contributed by atoms with Gasteiger partial charge in [-0.2, -0.15) is 0 Å². The summed E-state index contributed by atoms with van der Waals surface area (Å²) in [4.78, 5) is 100. The van der Waals surface area contributed by atoms with Crippen LogP contribution in [-0.4, -0.2) is 109 Å². The molecule has 0 fully saturated rings. The number of carbonyl (C=O) groups is 6. The van der Waals surface area contributed by atoms with Gasteiger partial charge in [-0.25, -0.2) is 27.6 Å². The number of ether oxygens (including phenoxy) is 3. The van der Waals surface area contributed by atoms with Crippen molar-refractivity contribution in [1.29, 1.82) is 0 Å². The van der Waals surface area contributed by atoms with Crippen LogP contribution in [0.5, 0.6) is 11.5 Å². The van der Waals surface area contributed by atoms with Crippen LogP contribution in [0.1, 0.15) is 47.6 Å². The number of hydrogen-bond donors (Lipinski definition) is 6. The summed E-state index contributed by atoms with van der Waals surface area (Å²) in [5.41, 5.74) is 0.907. The third-order valence-corrected chi connectivity index (χ3v) is 15.1. The minimum atomic E-state index is -3.48. The molecule has 2 atom stereocenters. The fourth-order valence-electron chi connectivity index (χ4n) is 8.74. The lowest BCUT2D eigenvalue weighted by molar-refractivity contribution is -0.172.